The molecule has 0 saturated carbocycles. The van der Waals surface area contributed by atoms with Gasteiger partial charge >= 0.3 is 5.97 Å². The summed E-state index contributed by atoms with van der Waals surface area (Å²) in [7, 11) is 0. The van der Waals surface area contributed by atoms with Crippen molar-refractivity contribution in [2.24, 2.45) is 0 Å². The number of rotatable bonds is 8. The van der Waals surface area contributed by atoms with E-state index in [1.165, 1.54) is 0 Å². The number of amides is 2. The fourth-order valence-corrected chi connectivity index (χ4v) is 1.72. The SMILES string of the molecule is CCCNC(=O)CC[C@H](NC(=O)c1ccccc1)C(=O)O. The lowest BCUT2D eigenvalue weighted by molar-refractivity contribution is -0.139. The Morgan fingerprint density at radius 1 is 1.19 bits per heavy atom. The van der Waals surface area contributed by atoms with Gasteiger partial charge in [-0.05, 0) is 25.0 Å². The molecule has 1 atom stereocenters. The molecule has 0 saturated heterocycles. The molecule has 2 amide bonds. The van der Waals surface area contributed by atoms with Gasteiger partial charge in [-0.2, -0.15) is 0 Å². The van der Waals surface area contributed by atoms with Crippen LogP contribution >= 0.6 is 0 Å². The van der Waals surface area contributed by atoms with Crippen LogP contribution in [0.1, 0.15) is 36.5 Å². The first kappa shape index (κ1) is 16.7. The maximum absolute atomic E-state index is 11.9. The molecule has 21 heavy (non-hydrogen) atoms. The fourth-order valence-electron chi connectivity index (χ4n) is 1.72. The molecule has 114 valence electrons. The summed E-state index contributed by atoms with van der Waals surface area (Å²) in [6, 6.07) is 7.28. The highest BCUT2D eigenvalue weighted by molar-refractivity contribution is 5.96. The number of hydrogen-bond donors (Lipinski definition) is 3. The number of carbonyl (C=O) groups excluding carboxylic acids is 2. The van der Waals surface area contributed by atoms with E-state index in [2.05, 4.69) is 10.6 Å². The average molecular weight is 292 g/mol. The summed E-state index contributed by atoms with van der Waals surface area (Å²) in [5.41, 5.74) is 0.388. The highest BCUT2D eigenvalue weighted by Crippen LogP contribution is 2.03. The topological polar surface area (TPSA) is 95.5 Å². The van der Waals surface area contributed by atoms with Gasteiger partial charge in [0.15, 0.2) is 0 Å². The van der Waals surface area contributed by atoms with Crippen LogP contribution in [0.5, 0.6) is 0 Å². The third-order valence-corrected chi connectivity index (χ3v) is 2.87. The minimum atomic E-state index is -1.15. The third kappa shape index (κ3) is 6.07. The molecule has 0 aliphatic carbocycles. The van der Waals surface area contributed by atoms with Crippen molar-refractivity contribution in [1.29, 1.82) is 0 Å². The molecule has 1 aromatic rings. The van der Waals surface area contributed by atoms with Crippen LogP contribution in [0.4, 0.5) is 0 Å². The number of benzene rings is 1. The minimum Gasteiger partial charge on any atom is -0.480 e. The molecule has 0 aliphatic heterocycles. The van der Waals surface area contributed by atoms with E-state index in [9.17, 15) is 14.4 Å². The van der Waals surface area contributed by atoms with Crippen LogP contribution in [-0.4, -0.2) is 35.5 Å². The zero-order valence-corrected chi connectivity index (χ0v) is 12.0. The van der Waals surface area contributed by atoms with E-state index in [1.54, 1.807) is 30.3 Å². The molecular formula is C15H20N2O4. The first-order valence-electron chi connectivity index (χ1n) is 6.90. The maximum atomic E-state index is 11.9. The number of aliphatic carboxylic acids is 1. The van der Waals surface area contributed by atoms with Crippen LogP contribution in [0, 0.1) is 0 Å². The van der Waals surface area contributed by atoms with Crippen LogP contribution in [-0.2, 0) is 9.59 Å². The molecule has 6 nitrogen and oxygen atoms in total. The molecular weight excluding hydrogens is 272 g/mol. The van der Waals surface area contributed by atoms with Crippen LogP contribution in [0.3, 0.4) is 0 Å². The van der Waals surface area contributed by atoms with Crippen LogP contribution in [0.25, 0.3) is 0 Å². The van der Waals surface area contributed by atoms with Gasteiger partial charge in [0.25, 0.3) is 5.91 Å². The minimum absolute atomic E-state index is 0.0590. The van der Waals surface area contributed by atoms with Gasteiger partial charge in [0, 0.05) is 18.5 Å². The van der Waals surface area contributed by atoms with Gasteiger partial charge in [-0.25, -0.2) is 4.79 Å². The van der Waals surface area contributed by atoms with E-state index in [4.69, 9.17) is 5.11 Å². The van der Waals surface area contributed by atoms with Crippen molar-refractivity contribution in [3.63, 3.8) is 0 Å². The monoisotopic (exact) mass is 292 g/mol. The van der Waals surface area contributed by atoms with Gasteiger partial charge in [0.1, 0.15) is 6.04 Å². The highest BCUT2D eigenvalue weighted by Gasteiger charge is 2.21. The van der Waals surface area contributed by atoms with Crippen LogP contribution in [0.15, 0.2) is 30.3 Å². The summed E-state index contributed by atoms with van der Waals surface area (Å²) in [6.45, 7) is 2.49. The summed E-state index contributed by atoms with van der Waals surface area (Å²) in [6.07, 6.45) is 0.939. The second-order valence-electron chi connectivity index (χ2n) is 4.62. The molecule has 0 aromatic heterocycles. The van der Waals surface area contributed by atoms with Gasteiger partial charge < -0.3 is 15.7 Å². The molecule has 6 heteroatoms. The van der Waals surface area contributed by atoms with Crippen LogP contribution in [0.2, 0.25) is 0 Å². The van der Waals surface area contributed by atoms with Crippen LogP contribution < -0.4 is 10.6 Å². The summed E-state index contributed by atoms with van der Waals surface area (Å²) in [5, 5.41) is 14.2. The molecule has 0 radical (unpaired) electrons. The van der Waals surface area contributed by atoms with Gasteiger partial charge in [0.05, 0.1) is 0 Å². The maximum Gasteiger partial charge on any atom is 0.326 e. The molecule has 1 rings (SSSR count). The highest BCUT2D eigenvalue weighted by atomic mass is 16.4. The molecule has 0 bridgehead atoms. The van der Waals surface area contributed by atoms with E-state index in [0.717, 1.165) is 6.42 Å². The average Bonchev–Trinajstić information content (AvgIpc) is 2.49. The first-order valence-corrected chi connectivity index (χ1v) is 6.90. The third-order valence-electron chi connectivity index (χ3n) is 2.87. The van der Waals surface area contributed by atoms with Crippen molar-refractivity contribution in [2.75, 3.05) is 6.54 Å². The normalized spacial score (nSPS) is 11.5. The van der Waals surface area contributed by atoms with Crippen molar-refractivity contribution in [3.05, 3.63) is 35.9 Å². The Bertz CT molecular complexity index is 488. The molecule has 0 aliphatic rings. The molecule has 3 N–H and O–H groups in total. The Hall–Kier alpha value is -2.37. The summed E-state index contributed by atoms with van der Waals surface area (Å²) >= 11 is 0. The van der Waals surface area contributed by atoms with Crippen molar-refractivity contribution in [2.45, 2.75) is 32.2 Å². The predicted molar refractivity (Wildman–Crippen MR) is 77.9 cm³/mol. The zero-order chi connectivity index (χ0) is 15.7. The second kappa shape index (κ2) is 8.73. The Morgan fingerprint density at radius 2 is 1.86 bits per heavy atom. The molecule has 0 spiro atoms. The lowest BCUT2D eigenvalue weighted by Crippen LogP contribution is -2.41. The Labute approximate surface area is 123 Å². The fraction of sp³-hybridized carbons (Fsp3) is 0.400. The van der Waals surface area contributed by atoms with Crippen molar-refractivity contribution >= 4 is 17.8 Å². The van der Waals surface area contributed by atoms with E-state index < -0.39 is 17.9 Å². The number of hydrogen-bond acceptors (Lipinski definition) is 3. The van der Waals surface area contributed by atoms with E-state index in [0.29, 0.717) is 12.1 Å². The Balaban J connectivity index is 2.52. The number of carboxylic acid groups (broad SMARTS) is 1. The van der Waals surface area contributed by atoms with E-state index in [-0.39, 0.29) is 18.7 Å². The number of carbonyl (C=O) groups is 3. The first-order chi connectivity index (χ1) is 10.0. The largest absolute Gasteiger partial charge is 0.480 e. The number of carboxylic acids is 1. The quantitative estimate of drug-likeness (QED) is 0.670. The standard InChI is InChI=1S/C15H20N2O4/c1-2-10-16-13(18)9-8-12(15(20)21)17-14(19)11-6-4-3-5-7-11/h3-7,12H,2,8-10H2,1H3,(H,16,18)(H,17,19)(H,20,21)/t12-/m0/s1. The molecule has 0 fully saturated rings. The molecule has 1 aromatic carbocycles. The zero-order valence-electron chi connectivity index (χ0n) is 12.0. The summed E-state index contributed by atoms with van der Waals surface area (Å²) in [4.78, 5) is 34.5. The number of nitrogens with one attached hydrogen (secondary N) is 2. The Morgan fingerprint density at radius 3 is 2.43 bits per heavy atom. The van der Waals surface area contributed by atoms with Gasteiger partial charge in [-0.1, -0.05) is 25.1 Å². The predicted octanol–water partition coefficient (Wildman–Crippen LogP) is 1.18. The summed E-state index contributed by atoms with van der Waals surface area (Å²) < 4.78 is 0. The van der Waals surface area contributed by atoms with E-state index in [1.807, 2.05) is 6.92 Å². The summed E-state index contributed by atoms with van der Waals surface area (Å²) in [5.74, 6) is -1.82. The second-order valence-corrected chi connectivity index (χ2v) is 4.62. The van der Waals surface area contributed by atoms with Gasteiger partial charge in [-0.3, -0.25) is 9.59 Å². The van der Waals surface area contributed by atoms with Crippen molar-refractivity contribution in [3.8, 4) is 0 Å². The lowest BCUT2D eigenvalue weighted by atomic mass is 10.1. The van der Waals surface area contributed by atoms with Crippen molar-refractivity contribution in [1.82, 2.24) is 10.6 Å². The van der Waals surface area contributed by atoms with E-state index >= 15 is 0 Å². The molecule has 0 unspecified atom stereocenters. The Kier molecular flexibility index (Phi) is 6.94. The van der Waals surface area contributed by atoms with Gasteiger partial charge in [-0.15, -0.1) is 0 Å². The smallest absolute Gasteiger partial charge is 0.326 e. The lowest BCUT2D eigenvalue weighted by Gasteiger charge is -2.14. The van der Waals surface area contributed by atoms with Crippen molar-refractivity contribution < 1.29 is 19.5 Å². The molecule has 0 heterocycles. The van der Waals surface area contributed by atoms with Gasteiger partial charge in [0.2, 0.25) is 5.91 Å².